The van der Waals surface area contributed by atoms with E-state index >= 15 is 0 Å². The lowest BCUT2D eigenvalue weighted by atomic mass is 10.0. The largest absolute Gasteiger partial charge is 0.497 e. The van der Waals surface area contributed by atoms with Gasteiger partial charge in [0.05, 0.1) is 20.6 Å². The first kappa shape index (κ1) is 24.1. The van der Waals surface area contributed by atoms with Crippen LogP contribution in [0.4, 0.5) is 0 Å². The van der Waals surface area contributed by atoms with E-state index in [1.54, 1.807) is 42.6 Å². The van der Waals surface area contributed by atoms with Crippen molar-refractivity contribution >= 4 is 23.2 Å². The molecule has 6 nitrogen and oxygen atoms in total. The van der Waals surface area contributed by atoms with Crippen LogP contribution >= 0.6 is 11.3 Å². The van der Waals surface area contributed by atoms with E-state index in [9.17, 15) is 9.59 Å². The Morgan fingerprint density at radius 1 is 1.19 bits per heavy atom. The van der Waals surface area contributed by atoms with Crippen LogP contribution in [0.1, 0.15) is 61.9 Å². The third-order valence-corrected chi connectivity index (χ3v) is 6.85. The molecule has 1 aliphatic rings. The molecule has 2 amide bonds. The molecular weight excluding hydrogens is 424 g/mol. The maximum atomic E-state index is 13.7. The quantitative estimate of drug-likeness (QED) is 0.528. The van der Waals surface area contributed by atoms with E-state index in [0.717, 1.165) is 43.4 Å². The van der Waals surface area contributed by atoms with Gasteiger partial charge in [0.2, 0.25) is 11.8 Å². The van der Waals surface area contributed by atoms with Gasteiger partial charge in [-0.2, -0.15) is 0 Å². The SMILES string of the molecule is CCCCN(C(=O)Cc1cccs1)[C@@H](C(=O)NC1CCCC1)c1cc(OC)ccc1OC. The monoisotopic (exact) mass is 458 g/mol. The maximum Gasteiger partial charge on any atom is 0.247 e. The number of thiophene rings is 1. The fourth-order valence-corrected chi connectivity index (χ4v) is 4.94. The Morgan fingerprint density at radius 3 is 2.59 bits per heavy atom. The number of carbonyl (C=O) groups is 2. The van der Waals surface area contributed by atoms with Gasteiger partial charge in [-0.25, -0.2) is 0 Å². The van der Waals surface area contributed by atoms with Gasteiger partial charge in [0.15, 0.2) is 0 Å². The Bertz CT molecular complexity index is 878. The molecule has 0 bridgehead atoms. The first-order valence-corrected chi connectivity index (χ1v) is 12.3. The molecule has 0 spiro atoms. The number of unbranched alkanes of at least 4 members (excludes halogenated alkanes) is 1. The van der Waals surface area contributed by atoms with Crippen molar-refractivity contribution in [3.63, 3.8) is 0 Å². The van der Waals surface area contributed by atoms with Gasteiger partial charge < -0.3 is 19.7 Å². The second-order valence-corrected chi connectivity index (χ2v) is 9.23. The average Bonchev–Trinajstić information content (AvgIpc) is 3.50. The Labute approximate surface area is 194 Å². The Hall–Kier alpha value is -2.54. The van der Waals surface area contributed by atoms with E-state index in [-0.39, 0.29) is 24.3 Å². The van der Waals surface area contributed by atoms with E-state index in [0.29, 0.717) is 23.6 Å². The summed E-state index contributed by atoms with van der Waals surface area (Å²) in [5.74, 6) is 0.986. The zero-order valence-electron chi connectivity index (χ0n) is 19.3. The summed E-state index contributed by atoms with van der Waals surface area (Å²) in [6.07, 6.45) is 6.22. The second kappa shape index (κ2) is 11.9. The number of amides is 2. The molecule has 0 unspecified atom stereocenters. The molecule has 174 valence electrons. The lowest BCUT2D eigenvalue weighted by Gasteiger charge is -2.33. The first-order chi connectivity index (χ1) is 15.6. The zero-order valence-corrected chi connectivity index (χ0v) is 20.1. The number of hydrogen-bond acceptors (Lipinski definition) is 5. The Morgan fingerprint density at radius 2 is 1.97 bits per heavy atom. The average molecular weight is 459 g/mol. The van der Waals surface area contributed by atoms with Crippen molar-refractivity contribution < 1.29 is 19.1 Å². The molecule has 0 saturated heterocycles. The van der Waals surface area contributed by atoms with Gasteiger partial charge in [-0.05, 0) is 48.9 Å². The van der Waals surface area contributed by atoms with Crippen molar-refractivity contribution in [2.24, 2.45) is 0 Å². The lowest BCUT2D eigenvalue weighted by molar-refractivity contribution is -0.140. The normalized spacial score (nSPS) is 14.7. The first-order valence-electron chi connectivity index (χ1n) is 11.4. The van der Waals surface area contributed by atoms with Crippen LogP contribution in [0.5, 0.6) is 11.5 Å². The molecule has 32 heavy (non-hydrogen) atoms. The second-order valence-electron chi connectivity index (χ2n) is 8.20. The van der Waals surface area contributed by atoms with Crippen LogP contribution in [0.25, 0.3) is 0 Å². The predicted molar refractivity (Wildman–Crippen MR) is 127 cm³/mol. The van der Waals surface area contributed by atoms with Crippen molar-refractivity contribution in [2.75, 3.05) is 20.8 Å². The van der Waals surface area contributed by atoms with Gasteiger partial charge in [-0.3, -0.25) is 9.59 Å². The number of nitrogens with zero attached hydrogens (tertiary/aromatic N) is 1. The van der Waals surface area contributed by atoms with E-state index < -0.39 is 6.04 Å². The van der Waals surface area contributed by atoms with Gasteiger partial charge >= 0.3 is 0 Å². The van der Waals surface area contributed by atoms with Crippen molar-refractivity contribution in [1.29, 1.82) is 0 Å². The molecule has 1 saturated carbocycles. The van der Waals surface area contributed by atoms with Crippen LogP contribution < -0.4 is 14.8 Å². The number of rotatable bonds is 11. The molecule has 7 heteroatoms. The van der Waals surface area contributed by atoms with Crippen LogP contribution in [-0.2, 0) is 16.0 Å². The van der Waals surface area contributed by atoms with E-state index in [4.69, 9.17) is 9.47 Å². The summed E-state index contributed by atoms with van der Waals surface area (Å²) in [7, 11) is 3.18. The van der Waals surface area contributed by atoms with Crippen LogP contribution in [0.2, 0.25) is 0 Å². The third-order valence-electron chi connectivity index (χ3n) is 5.97. The molecule has 1 N–H and O–H groups in total. The topological polar surface area (TPSA) is 67.9 Å². The zero-order chi connectivity index (χ0) is 22.9. The highest BCUT2D eigenvalue weighted by molar-refractivity contribution is 7.10. The molecule has 1 atom stereocenters. The molecule has 1 aromatic heterocycles. The highest BCUT2D eigenvalue weighted by Crippen LogP contribution is 2.34. The third kappa shape index (κ3) is 6.03. The van der Waals surface area contributed by atoms with Crippen LogP contribution in [0, 0.1) is 0 Å². The summed E-state index contributed by atoms with van der Waals surface area (Å²) in [6, 6.07) is 8.69. The predicted octanol–water partition coefficient (Wildman–Crippen LogP) is 4.74. The van der Waals surface area contributed by atoms with Crippen molar-refractivity contribution in [3.05, 3.63) is 46.2 Å². The van der Waals surface area contributed by atoms with Gasteiger partial charge in [-0.1, -0.05) is 32.3 Å². The van der Waals surface area contributed by atoms with Crippen LogP contribution in [-0.4, -0.2) is 43.5 Å². The smallest absolute Gasteiger partial charge is 0.247 e. The van der Waals surface area contributed by atoms with Gasteiger partial charge in [0.25, 0.3) is 0 Å². The summed E-state index contributed by atoms with van der Waals surface area (Å²) in [5.41, 5.74) is 0.651. The summed E-state index contributed by atoms with van der Waals surface area (Å²) in [6.45, 7) is 2.59. The van der Waals surface area contributed by atoms with Crippen LogP contribution in [0.15, 0.2) is 35.7 Å². The number of carbonyl (C=O) groups excluding carboxylic acids is 2. The summed E-state index contributed by atoms with van der Waals surface area (Å²) in [4.78, 5) is 29.9. The van der Waals surface area contributed by atoms with Gasteiger partial charge in [-0.15, -0.1) is 11.3 Å². The molecule has 1 aliphatic carbocycles. The van der Waals surface area contributed by atoms with Gasteiger partial charge in [0.1, 0.15) is 17.5 Å². The summed E-state index contributed by atoms with van der Waals surface area (Å²) in [5, 5.41) is 5.18. The molecule has 1 aromatic carbocycles. The van der Waals surface area contributed by atoms with Gasteiger partial charge in [0, 0.05) is 23.0 Å². The van der Waals surface area contributed by atoms with Crippen molar-refractivity contribution in [1.82, 2.24) is 10.2 Å². The fourth-order valence-electron chi connectivity index (χ4n) is 4.24. The van der Waals surface area contributed by atoms with Crippen LogP contribution in [0.3, 0.4) is 0 Å². The molecular formula is C25H34N2O4S. The minimum atomic E-state index is -0.778. The molecule has 2 aromatic rings. The minimum absolute atomic E-state index is 0.0580. The highest BCUT2D eigenvalue weighted by Gasteiger charge is 2.35. The Kier molecular flexibility index (Phi) is 8.97. The molecule has 0 radical (unpaired) electrons. The minimum Gasteiger partial charge on any atom is -0.497 e. The number of nitrogens with one attached hydrogen (secondary N) is 1. The molecule has 1 heterocycles. The number of ether oxygens (including phenoxy) is 2. The van der Waals surface area contributed by atoms with E-state index in [2.05, 4.69) is 12.2 Å². The van der Waals surface area contributed by atoms with Crippen molar-refractivity contribution in [3.8, 4) is 11.5 Å². The highest BCUT2D eigenvalue weighted by atomic mass is 32.1. The fraction of sp³-hybridized carbons (Fsp3) is 0.520. The standard InChI is InChI=1S/C25H34N2O4S/c1-4-5-14-27(23(28)17-20-11-8-15-32-20)24(25(29)26-18-9-6-7-10-18)21-16-19(30-2)12-13-22(21)31-3/h8,11-13,15-16,18,24H,4-7,9-10,14,17H2,1-3H3,(H,26,29)/t24-/m1/s1. The molecule has 3 rings (SSSR count). The number of benzene rings is 1. The Balaban J connectivity index is 2.00. The molecule has 0 aliphatic heterocycles. The lowest BCUT2D eigenvalue weighted by Crippen LogP contribution is -2.47. The van der Waals surface area contributed by atoms with E-state index in [1.165, 1.54) is 0 Å². The molecule has 1 fully saturated rings. The maximum absolute atomic E-state index is 13.7. The summed E-state index contributed by atoms with van der Waals surface area (Å²) < 4.78 is 11.1. The summed E-state index contributed by atoms with van der Waals surface area (Å²) >= 11 is 1.56. The van der Waals surface area contributed by atoms with Crippen molar-refractivity contribution in [2.45, 2.75) is 64.0 Å². The van der Waals surface area contributed by atoms with E-state index in [1.807, 2.05) is 23.6 Å². The number of hydrogen-bond donors (Lipinski definition) is 1. The number of methoxy groups -OCH3 is 2.